The molecule has 0 bridgehead atoms. The van der Waals surface area contributed by atoms with Crippen molar-refractivity contribution in [3.8, 4) is 11.5 Å². The number of hydrogen-bond donors (Lipinski definition) is 0. The van der Waals surface area contributed by atoms with Crippen LogP contribution < -0.4 is 9.47 Å². The maximum Gasteiger partial charge on any atom is 0.263 e. The highest BCUT2D eigenvalue weighted by molar-refractivity contribution is 5.81. The van der Waals surface area contributed by atoms with Crippen molar-refractivity contribution in [3.05, 3.63) is 96.1 Å². The molecule has 0 unspecified atom stereocenters. The topological polar surface area (TPSA) is 42.0 Å². The van der Waals surface area contributed by atoms with Crippen LogP contribution in [0.4, 0.5) is 0 Å². The van der Waals surface area contributed by atoms with Gasteiger partial charge in [0, 0.05) is 32.2 Å². The predicted molar refractivity (Wildman–Crippen MR) is 126 cm³/mol. The second-order valence-electron chi connectivity index (χ2n) is 8.02. The van der Waals surface area contributed by atoms with E-state index in [1.165, 1.54) is 11.1 Å². The normalized spacial score (nSPS) is 15.4. The number of nitrogens with zero attached hydrogens (tertiary/aromatic N) is 2. The lowest BCUT2D eigenvalue weighted by Crippen LogP contribution is -2.52. The number of carbonyl (C=O) groups excluding carboxylic acids is 1. The molecule has 0 saturated carbocycles. The molecule has 166 valence electrons. The minimum Gasteiger partial charge on any atom is -0.497 e. The summed E-state index contributed by atoms with van der Waals surface area (Å²) in [7, 11) is 1.62. The molecule has 0 N–H and O–H groups in total. The van der Waals surface area contributed by atoms with Crippen LogP contribution in [0.3, 0.4) is 0 Å². The van der Waals surface area contributed by atoms with Crippen LogP contribution in [-0.4, -0.2) is 55.1 Å². The van der Waals surface area contributed by atoms with Crippen molar-refractivity contribution in [1.29, 1.82) is 0 Å². The van der Waals surface area contributed by atoms with Crippen molar-refractivity contribution < 1.29 is 14.3 Å². The van der Waals surface area contributed by atoms with Crippen molar-refractivity contribution in [2.24, 2.45) is 0 Å². The molecule has 32 heavy (non-hydrogen) atoms. The maximum atomic E-state index is 13.0. The van der Waals surface area contributed by atoms with Gasteiger partial charge >= 0.3 is 0 Å². The molecular weight excluding hydrogens is 400 g/mol. The van der Waals surface area contributed by atoms with Crippen LogP contribution in [0.1, 0.15) is 24.1 Å². The lowest BCUT2D eigenvalue weighted by atomic mass is 9.96. The van der Waals surface area contributed by atoms with E-state index in [2.05, 4.69) is 53.4 Å². The van der Waals surface area contributed by atoms with E-state index in [0.29, 0.717) is 24.6 Å². The van der Waals surface area contributed by atoms with Crippen LogP contribution in [0, 0.1) is 0 Å². The molecule has 5 nitrogen and oxygen atoms in total. The Bertz CT molecular complexity index is 962. The van der Waals surface area contributed by atoms with Gasteiger partial charge in [0.25, 0.3) is 5.91 Å². The van der Waals surface area contributed by atoms with Gasteiger partial charge in [-0.05, 0) is 30.2 Å². The fourth-order valence-electron chi connectivity index (χ4n) is 4.27. The number of carbonyl (C=O) groups is 1. The van der Waals surface area contributed by atoms with Crippen LogP contribution in [0.2, 0.25) is 0 Å². The number of rotatable bonds is 7. The van der Waals surface area contributed by atoms with E-state index < -0.39 is 6.10 Å². The van der Waals surface area contributed by atoms with Gasteiger partial charge in [-0.15, -0.1) is 0 Å². The molecule has 0 radical (unpaired) electrons. The van der Waals surface area contributed by atoms with Gasteiger partial charge in [0.1, 0.15) is 11.5 Å². The summed E-state index contributed by atoms with van der Waals surface area (Å²) in [5.74, 6) is 1.36. The molecule has 1 aliphatic rings. The Morgan fingerprint density at radius 1 is 0.781 bits per heavy atom. The van der Waals surface area contributed by atoms with Crippen LogP contribution in [0.15, 0.2) is 84.9 Å². The van der Waals surface area contributed by atoms with E-state index in [0.717, 1.165) is 13.1 Å². The highest BCUT2D eigenvalue weighted by atomic mass is 16.5. The number of amides is 1. The third-order valence-electron chi connectivity index (χ3n) is 5.92. The van der Waals surface area contributed by atoms with Crippen molar-refractivity contribution >= 4 is 5.91 Å². The van der Waals surface area contributed by atoms with Gasteiger partial charge in [-0.3, -0.25) is 9.69 Å². The third kappa shape index (κ3) is 5.11. The molecule has 4 rings (SSSR count). The molecule has 3 aromatic carbocycles. The highest BCUT2D eigenvalue weighted by Gasteiger charge is 2.30. The molecule has 0 aromatic heterocycles. The number of piperazine rings is 1. The minimum atomic E-state index is -0.548. The van der Waals surface area contributed by atoms with E-state index in [-0.39, 0.29) is 11.9 Å². The largest absolute Gasteiger partial charge is 0.497 e. The second-order valence-corrected chi connectivity index (χ2v) is 8.02. The maximum absolute atomic E-state index is 13.0. The molecule has 0 spiro atoms. The van der Waals surface area contributed by atoms with E-state index in [4.69, 9.17) is 9.47 Å². The number of benzene rings is 3. The Balaban J connectivity index is 1.41. The zero-order chi connectivity index (χ0) is 22.3. The molecule has 3 aromatic rings. The Morgan fingerprint density at radius 3 is 1.91 bits per heavy atom. The molecule has 0 aliphatic carbocycles. The van der Waals surface area contributed by atoms with E-state index in [1.54, 1.807) is 13.2 Å². The Labute approximate surface area is 190 Å². The lowest BCUT2D eigenvalue weighted by molar-refractivity contribution is -0.140. The molecule has 1 atom stereocenters. The summed E-state index contributed by atoms with van der Waals surface area (Å²) in [6.45, 7) is 4.80. The van der Waals surface area contributed by atoms with E-state index in [1.807, 2.05) is 42.2 Å². The Kier molecular flexibility index (Phi) is 7.07. The first-order valence-electron chi connectivity index (χ1n) is 11.1. The first kappa shape index (κ1) is 21.9. The van der Waals surface area contributed by atoms with Gasteiger partial charge in [0.05, 0.1) is 13.2 Å². The summed E-state index contributed by atoms with van der Waals surface area (Å²) in [6.07, 6.45) is -0.548. The molecule has 1 fully saturated rings. The monoisotopic (exact) mass is 430 g/mol. The summed E-state index contributed by atoms with van der Waals surface area (Å²) in [4.78, 5) is 17.4. The van der Waals surface area contributed by atoms with Crippen LogP contribution in [-0.2, 0) is 4.79 Å². The molecule has 5 heteroatoms. The summed E-state index contributed by atoms with van der Waals surface area (Å²) < 4.78 is 11.1. The first-order chi connectivity index (χ1) is 15.7. The smallest absolute Gasteiger partial charge is 0.263 e. The zero-order valence-corrected chi connectivity index (χ0v) is 18.7. The van der Waals surface area contributed by atoms with Crippen LogP contribution in [0.25, 0.3) is 0 Å². The number of hydrogen-bond acceptors (Lipinski definition) is 4. The zero-order valence-electron chi connectivity index (χ0n) is 18.7. The highest BCUT2D eigenvalue weighted by Crippen LogP contribution is 2.29. The molecular formula is C27H30N2O3. The third-order valence-corrected chi connectivity index (χ3v) is 5.92. The summed E-state index contributed by atoms with van der Waals surface area (Å²) in [6, 6.07) is 28.7. The fourth-order valence-corrected chi connectivity index (χ4v) is 4.27. The predicted octanol–water partition coefficient (Wildman–Crippen LogP) is 4.40. The van der Waals surface area contributed by atoms with Crippen molar-refractivity contribution in [1.82, 2.24) is 9.80 Å². The summed E-state index contributed by atoms with van der Waals surface area (Å²) in [5, 5.41) is 0. The quantitative estimate of drug-likeness (QED) is 0.557. The van der Waals surface area contributed by atoms with Gasteiger partial charge in [-0.1, -0.05) is 66.7 Å². The number of methoxy groups -OCH3 is 1. The van der Waals surface area contributed by atoms with Crippen molar-refractivity contribution in [3.63, 3.8) is 0 Å². The van der Waals surface area contributed by atoms with Gasteiger partial charge in [-0.25, -0.2) is 0 Å². The first-order valence-corrected chi connectivity index (χ1v) is 11.1. The van der Waals surface area contributed by atoms with Gasteiger partial charge in [0.2, 0.25) is 0 Å². The van der Waals surface area contributed by atoms with E-state index >= 15 is 0 Å². The standard InChI is InChI=1S/C27H30N2O3/c1-21(32-25-15-9-14-24(20-25)31-2)27(30)29-18-16-28(17-19-29)26(22-10-5-3-6-11-22)23-12-7-4-8-13-23/h3-15,20-21,26H,16-19H2,1-2H3/t21-/m0/s1. The number of ether oxygens (including phenoxy) is 2. The van der Waals surface area contributed by atoms with Crippen molar-refractivity contribution in [2.75, 3.05) is 33.3 Å². The summed E-state index contributed by atoms with van der Waals surface area (Å²) in [5.41, 5.74) is 2.54. The van der Waals surface area contributed by atoms with Crippen molar-refractivity contribution in [2.45, 2.75) is 19.1 Å². The minimum absolute atomic E-state index is 0.0171. The fraction of sp³-hybridized carbons (Fsp3) is 0.296. The van der Waals surface area contributed by atoms with Gasteiger partial charge in [0.15, 0.2) is 6.10 Å². The van der Waals surface area contributed by atoms with E-state index in [9.17, 15) is 4.79 Å². The average Bonchev–Trinajstić information content (AvgIpc) is 2.85. The van der Waals surface area contributed by atoms with Gasteiger partial charge in [-0.2, -0.15) is 0 Å². The Hall–Kier alpha value is -3.31. The lowest BCUT2D eigenvalue weighted by Gasteiger charge is -2.40. The molecule has 1 saturated heterocycles. The SMILES string of the molecule is COc1cccc(O[C@@H](C)C(=O)N2CCN(C(c3ccccc3)c3ccccc3)CC2)c1. The van der Waals surface area contributed by atoms with Crippen LogP contribution in [0.5, 0.6) is 11.5 Å². The second kappa shape index (κ2) is 10.3. The average molecular weight is 431 g/mol. The molecule has 1 amide bonds. The summed E-state index contributed by atoms with van der Waals surface area (Å²) >= 11 is 0. The molecule has 1 heterocycles. The van der Waals surface area contributed by atoms with Crippen LogP contribution >= 0.6 is 0 Å². The molecule has 1 aliphatic heterocycles. The Morgan fingerprint density at radius 2 is 1.34 bits per heavy atom. The van der Waals surface area contributed by atoms with Gasteiger partial charge < -0.3 is 14.4 Å².